The highest BCUT2D eigenvalue weighted by Crippen LogP contribution is 2.28. The summed E-state index contributed by atoms with van der Waals surface area (Å²) < 4.78 is 15.4. The quantitative estimate of drug-likeness (QED) is 0.605. The van der Waals surface area contributed by atoms with Crippen molar-refractivity contribution in [3.05, 3.63) is 53.6 Å². The summed E-state index contributed by atoms with van der Waals surface area (Å²) in [6, 6.07) is 11.2. The van der Waals surface area contributed by atoms with Crippen LogP contribution in [0, 0.1) is 0 Å². The molecule has 2 aromatic rings. The van der Waals surface area contributed by atoms with Crippen LogP contribution in [0.2, 0.25) is 0 Å². The van der Waals surface area contributed by atoms with Gasteiger partial charge in [0.2, 0.25) is 5.91 Å². The molecular weight excluding hydrogens is 338 g/mol. The van der Waals surface area contributed by atoms with Crippen LogP contribution in [0.5, 0.6) is 11.5 Å². The molecule has 136 valence electrons. The molecule has 0 saturated heterocycles. The summed E-state index contributed by atoms with van der Waals surface area (Å²) in [5, 5.41) is 2.60. The average Bonchev–Trinajstić information content (AvgIpc) is 2.65. The number of amides is 1. The van der Waals surface area contributed by atoms with Gasteiger partial charge in [0.25, 0.3) is 0 Å². The van der Waals surface area contributed by atoms with Crippen LogP contribution in [0.3, 0.4) is 0 Å². The lowest BCUT2D eigenvalue weighted by atomic mass is 10.1. The van der Waals surface area contributed by atoms with E-state index in [0.29, 0.717) is 22.7 Å². The van der Waals surface area contributed by atoms with Gasteiger partial charge in [-0.3, -0.25) is 9.59 Å². The Morgan fingerprint density at radius 2 is 1.50 bits per heavy atom. The standard InChI is InChI=1S/C19H19NO6/c1-12(21)20-14-9-7-13(8-10-14)15(22)11-26-19(23)18-16(24-2)5-4-6-17(18)25-3/h4-10H,11H2,1-3H3,(H,20,21). The fraction of sp³-hybridized carbons (Fsp3) is 0.211. The summed E-state index contributed by atoms with van der Waals surface area (Å²) in [6.07, 6.45) is 0. The molecule has 0 unspecified atom stereocenters. The van der Waals surface area contributed by atoms with Crippen molar-refractivity contribution in [1.29, 1.82) is 0 Å². The van der Waals surface area contributed by atoms with Gasteiger partial charge in [0.05, 0.1) is 14.2 Å². The minimum atomic E-state index is -0.720. The van der Waals surface area contributed by atoms with Crippen molar-refractivity contribution >= 4 is 23.3 Å². The zero-order valence-electron chi connectivity index (χ0n) is 14.7. The second-order valence-corrected chi connectivity index (χ2v) is 5.30. The number of methoxy groups -OCH3 is 2. The molecule has 0 atom stereocenters. The Bertz CT molecular complexity index is 791. The molecule has 1 N–H and O–H groups in total. The number of nitrogens with one attached hydrogen (secondary N) is 1. The second-order valence-electron chi connectivity index (χ2n) is 5.30. The lowest BCUT2D eigenvalue weighted by Crippen LogP contribution is -2.16. The second kappa shape index (κ2) is 8.66. The average molecular weight is 357 g/mol. The van der Waals surface area contributed by atoms with E-state index in [4.69, 9.17) is 14.2 Å². The predicted molar refractivity (Wildman–Crippen MR) is 94.9 cm³/mol. The van der Waals surface area contributed by atoms with E-state index in [9.17, 15) is 14.4 Å². The Balaban J connectivity index is 2.05. The van der Waals surface area contributed by atoms with Gasteiger partial charge in [-0.25, -0.2) is 4.79 Å². The first kappa shape index (κ1) is 19.0. The number of ether oxygens (including phenoxy) is 3. The van der Waals surface area contributed by atoms with E-state index in [0.717, 1.165) is 0 Å². The molecule has 0 radical (unpaired) electrons. The number of benzene rings is 2. The van der Waals surface area contributed by atoms with Gasteiger partial charge >= 0.3 is 5.97 Å². The van der Waals surface area contributed by atoms with Gasteiger partial charge in [0.15, 0.2) is 12.4 Å². The third-order valence-corrected chi connectivity index (χ3v) is 3.49. The summed E-state index contributed by atoms with van der Waals surface area (Å²) >= 11 is 0. The van der Waals surface area contributed by atoms with Gasteiger partial charge in [-0.15, -0.1) is 0 Å². The maximum Gasteiger partial charge on any atom is 0.346 e. The minimum absolute atomic E-state index is 0.117. The van der Waals surface area contributed by atoms with Crippen molar-refractivity contribution in [2.75, 3.05) is 26.1 Å². The van der Waals surface area contributed by atoms with Crippen molar-refractivity contribution in [2.24, 2.45) is 0 Å². The maximum atomic E-state index is 12.3. The molecule has 0 aliphatic rings. The van der Waals surface area contributed by atoms with E-state index in [1.54, 1.807) is 42.5 Å². The molecule has 0 bridgehead atoms. The molecule has 0 aromatic heterocycles. The topological polar surface area (TPSA) is 90.9 Å². The van der Waals surface area contributed by atoms with Gasteiger partial charge in [-0.05, 0) is 36.4 Å². The molecule has 7 heteroatoms. The van der Waals surface area contributed by atoms with Crippen LogP contribution in [0.1, 0.15) is 27.6 Å². The summed E-state index contributed by atoms with van der Waals surface area (Å²) in [7, 11) is 2.85. The van der Waals surface area contributed by atoms with E-state index in [1.807, 2.05) is 0 Å². The van der Waals surface area contributed by atoms with Crippen LogP contribution < -0.4 is 14.8 Å². The van der Waals surface area contributed by atoms with Crippen LogP contribution in [-0.2, 0) is 9.53 Å². The first-order chi connectivity index (χ1) is 12.5. The number of hydrogen-bond acceptors (Lipinski definition) is 6. The fourth-order valence-corrected chi connectivity index (χ4v) is 2.28. The molecule has 0 spiro atoms. The molecule has 2 aromatic carbocycles. The van der Waals surface area contributed by atoms with Crippen molar-refractivity contribution in [3.8, 4) is 11.5 Å². The molecule has 7 nitrogen and oxygen atoms in total. The Hall–Kier alpha value is -3.35. The Morgan fingerprint density at radius 1 is 0.923 bits per heavy atom. The molecule has 0 heterocycles. The monoisotopic (exact) mass is 357 g/mol. The van der Waals surface area contributed by atoms with E-state index in [1.165, 1.54) is 21.1 Å². The summed E-state index contributed by atoms with van der Waals surface area (Å²) in [6.45, 7) is 0.962. The maximum absolute atomic E-state index is 12.3. The number of esters is 1. The van der Waals surface area contributed by atoms with E-state index in [-0.39, 0.29) is 17.3 Å². The molecular formula is C19H19NO6. The molecule has 2 rings (SSSR count). The van der Waals surface area contributed by atoms with Crippen LogP contribution in [0.25, 0.3) is 0 Å². The number of rotatable bonds is 7. The fourth-order valence-electron chi connectivity index (χ4n) is 2.28. The highest BCUT2D eigenvalue weighted by Gasteiger charge is 2.21. The normalized spacial score (nSPS) is 9.96. The van der Waals surface area contributed by atoms with Crippen LogP contribution in [0.15, 0.2) is 42.5 Å². The number of anilines is 1. The highest BCUT2D eigenvalue weighted by atomic mass is 16.5. The van der Waals surface area contributed by atoms with Gasteiger partial charge in [-0.2, -0.15) is 0 Å². The lowest BCUT2D eigenvalue weighted by molar-refractivity contribution is -0.114. The predicted octanol–water partition coefficient (Wildman–Crippen LogP) is 2.70. The van der Waals surface area contributed by atoms with Crippen LogP contribution in [0.4, 0.5) is 5.69 Å². The summed E-state index contributed by atoms with van der Waals surface area (Å²) in [5.74, 6) is -0.712. The SMILES string of the molecule is COc1cccc(OC)c1C(=O)OCC(=O)c1ccc(NC(C)=O)cc1. The van der Waals surface area contributed by atoms with Crippen LogP contribution >= 0.6 is 0 Å². The number of Topliss-reactive ketones (excluding diaryl/α,β-unsaturated/α-hetero) is 1. The zero-order valence-corrected chi connectivity index (χ0v) is 14.7. The first-order valence-electron chi connectivity index (χ1n) is 7.75. The number of ketones is 1. The largest absolute Gasteiger partial charge is 0.496 e. The van der Waals surface area contributed by atoms with E-state index in [2.05, 4.69) is 5.32 Å². The summed E-state index contributed by atoms with van der Waals surface area (Å²) in [4.78, 5) is 35.5. The lowest BCUT2D eigenvalue weighted by Gasteiger charge is -2.12. The number of carbonyl (C=O) groups is 3. The van der Waals surface area contributed by atoms with Crippen LogP contribution in [-0.4, -0.2) is 38.5 Å². The van der Waals surface area contributed by atoms with Crippen molar-refractivity contribution < 1.29 is 28.6 Å². The van der Waals surface area contributed by atoms with Gasteiger partial charge in [0, 0.05) is 18.2 Å². The van der Waals surface area contributed by atoms with E-state index < -0.39 is 12.6 Å². The number of carbonyl (C=O) groups excluding carboxylic acids is 3. The van der Waals surface area contributed by atoms with Crippen molar-refractivity contribution in [3.63, 3.8) is 0 Å². The molecule has 1 amide bonds. The molecule has 0 aliphatic heterocycles. The third kappa shape index (κ3) is 4.60. The highest BCUT2D eigenvalue weighted by molar-refractivity contribution is 6.01. The van der Waals surface area contributed by atoms with Gasteiger partial charge in [-0.1, -0.05) is 6.07 Å². The number of hydrogen-bond donors (Lipinski definition) is 1. The Kier molecular flexibility index (Phi) is 6.32. The third-order valence-electron chi connectivity index (χ3n) is 3.49. The summed E-state index contributed by atoms with van der Waals surface area (Å²) in [5.41, 5.74) is 1.05. The Labute approximate surface area is 150 Å². The minimum Gasteiger partial charge on any atom is -0.496 e. The molecule has 0 fully saturated rings. The Morgan fingerprint density at radius 3 is 2.00 bits per heavy atom. The molecule has 26 heavy (non-hydrogen) atoms. The molecule has 0 saturated carbocycles. The van der Waals surface area contributed by atoms with Crippen molar-refractivity contribution in [1.82, 2.24) is 0 Å². The van der Waals surface area contributed by atoms with Gasteiger partial charge in [0.1, 0.15) is 17.1 Å². The van der Waals surface area contributed by atoms with E-state index >= 15 is 0 Å². The van der Waals surface area contributed by atoms with Crippen molar-refractivity contribution in [2.45, 2.75) is 6.92 Å². The molecule has 0 aliphatic carbocycles. The first-order valence-corrected chi connectivity index (χ1v) is 7.75. The zero-order chi connectivity index (χ0) is 19.1. The van der Waals surface area contributed by atoms with Gasteiger partial charge < -0.3 is 19.5 Å². The smallest absolute Gasteiger partial charge is 0.346 e.